The van der Waals surface area contributed by atoms with Gasteiger partial charge in [0.15, 0.2) is 0 Å². The molecule has 20 heavy (non-hydrogen) atoms. The molecule has 1 aromatic carbocycles. The Morgan fingerprint density at radius 2 is 1.95 bits per heavy atom. The van der Waals surface area contributed by atoms with E-state index in [0.717, 1.165) is 29.4 Å². The average molecular weight is 271 g/mol. The molecule has 4 heteroatoms. The van der Waals surface area contributed by atoms with Crippen LogP contribution in [0.15, 0.2) is 18.2 Å². The molecule has 0 fully saturated rings. The van der Waals surface area contributed by atoms with Crippen molar-refractivity contribution in [1.82, 2.24) is 4.98 Å². The molecule has 0 amide bonds. The highest BCUT2D eigenvalue weighted by molar-refractivity contribution is 5.97. The van der Waals surface area contributed by atoms with E-state index < -0.39 is 0 Å². The number of aryl methyl sites for hydroxylation is 2. The van der Waals surface area contributed by atoms with Gasteiger partial charge in [0.1, 0.15) is 11.3 Å². The third kappa shape index (κ3) is 2.11. The highest BCUT2D eigenvalue weighted by atomic mass is 16.5. The van der Waals surface area contributed by atoms with Gasteiger partial charge in [-0.05, 0) is 49.4 Å². The molecule has 104 valence electrons. The average Bonchev–Trinajstić information content (AvgIpc) is 2.50. The molecule has 2 aromatic rings. The lowest BCUT2D eigenvalue weighted by molar-refractivity contribution is 0.0600. The van der Waals surface area contributed by atoms with Gasteiger partial charge in [-0.2, -0.15) is 0 Å². The number of fused-ring (bicyclic) bond motifs is 2. The third-order valence-electron chi connectivity index (χ3n) is 3.80. The Hall–Kier alpha value is -2.10. The van der Waals surface area contributed by atoms with E-state index >= 15 is 0 Å². The monoisotopic (exact) mass is 271 g/mol. The Balaban J connectivity index is 2.23. The third-order valence-corrected chi connectivity index (χ3v) is 3.80. The summed E-state index contributed by atoms with van der Waals surface area (Å²) in [4.78, 5) is 16.5. The molecule has 1 aliphatic carbocycles. The molecular weight excluding hydrogens is 254 g/mol. The lowest BCUT2D eigenvalue weighted by Gasteiger charge is -2.17. The highest BCUT2D eigenvalue weighted by Crippen LogP contribution is 2.30. The number of ether oxygens (including phenoxy) is 2. The molecule has 0 radical (unpaired) electrons. The van der Waals surface area contributed by atoms with E-state index in [1.807, 2.05) is 6.07 Å². The van der Waals surface area contributed by atoms with Crippen molar-refractivity contribution in [2.75, 3.05) is 14.2 Å². The Bertz CT molecular complexity index is 679. The van der Waals surface area contributed by atoms with Crippen LogP contribution < -0.4 is 4.74 Å². The second-order valence-electron chi connectivity index (χ2n) is 5.04. The normalized spacial score (nSPS) is 13.9. The quantitative estimate of drug-likeness (QED) is 0.788. The summed E-state index contributed by atoms with van der Waals surface area (Å²) in [5.74, 6) is 0.263. The number of nitrogens with zero attached hydrogens (tertiary/aromatic N) is 1. The number of carbonyl (C=O) groups excluding carboxylic acids is 1. The summed E-state index contributed by atoms with van der Waals surface area (Å²) in [6, 6.07) is 5.65. The standard InChI is InChI=1S/C16H17NO3/c1-19-14-9-12(16(18)20-2)8-11-7-10-5-3-4-6-13(10)17-15(11)14/h7-9H,3-6H2,1-2H3. The number of hydrogen-bond donors (Lipinski definition) is 0. The minimum atomic E-state index is -0.358. The van der Waals surface area contributed by atoms with Crippen LogP contribution in [0.5, 0.6) is 5.75 Å². The minimum Gasteiger partial charge on any atom is -0.494 e. The van der Waals surface area contributed by atoms with E-state index in [2.05, 4.69) is 6.07 Å². The number of rotatable bonds is 2. The van der Waals surface area contributed by atoms with Crippen LogP contribution in [0.2, 0.25) is 0 Å². The summed E-state index contributed by atoms with van der Waals surface area (Å²) >= 11 is 0. The lowest BCUT2D eigenvalue weighted by Crippen LogP contribution is -2.07. The number of carbonyl (C=O) groups is 1. The van der Waals surface area contributed by atoms with E-state index in [4.69, 9.17) is 14.5 Å². The van der Waals surface area contributed by atoms with Gasteiger partial charge in [0.25, 0.3) is 0 Å². The van der Waals surface area contributed by atoms with Crippen molar-refractivity contribution in [3.63, 3.8) is 0 Å². The smallest absolute Gasteiger partial charge is 0.338 e. The molecule has 0 bridgehead atoms. The van der Waals surface area contributed by atoms with Crippen molar-refractivity contribution in [2.45, 2.75) is 25.7 Å². The minimum absolute atomic E-state index is 0.358. The van der Waals surface area contributed by atoms with E-state index in [-0.39, 0.29) is 5.97 Å². The van der Waals surface area contributed by atoms with Crippen LogP contribution in [-0.2, 0) is 17.6 Å². The zero-order valence-electron chi connectivity index (χ0n) is 11.7. The molecule has 1 aromatic heterocycles. The number of esters is 1. The molecule has 1 aliphatic rings. The summed E-state index contributed by atoms with van der Waals surface area (Å²) in [5.41, 5.74) is 3.76. The zero-order chi connectivity index (χ0) is 14.1. The van der Waals surface area contributed by atoms with E-state index in [0.29, 0.717) is 11.3 Å². The molecule has 0 saturated carbocycles. The van der Waals surface area contributed by atoms with Gasteiger partial charge < -0.3 is 9.47 Å². The van der Waals surface area contributed by atoms with Crippen LogP contribution in [0.25, 0.3) is 10.9 Å². The molecule has 0 saturated heterocycles. The largest absolute Gasteiger partial charge is 0.494 e. The molecule has 0 spiro atoms. The maximum atomic E-state index is 11.7. The number of methoxy groups -OCH3 is 2. The summed E-state index contributed by atoms with van der Waals surface area (Å²) in [5, 5.41) is 0.936. The summed E-state index contributed by atoms with van der Waals surface area (Å²) < 4.78 is 10.2. The van der Waals surface area contributed by atoms with Gasteiger partial charge in [-0.15, -0.1) is 0 Å². The maximum absolute atomic E-state index is 11.7. The Morgan fingerprint density at radius 3 is 2.70 bits per heavy atom. The van der Waals surface area contributed by atoms with Crippen molar-refractivity contribution in [3.05, 3.63) is 35.0 Å². The topological polar surface area (TPSA) is 48.4 Å². The van der Waals surface area contributed by atoms with Gasteiger partial charge in [-0.1, -0.05) is 0 Å². The molecule has 0 unspecified atom stereocenters. The fourth-order valence-corrected chi connectivity index (χ4v) is 2.77. The van der Waals surface area contributed by atoms with Crippen molar-refractivity contribution in [1.29, 1.82) is 0 Å². The van der Waals surface area contributed by atoms with Crippen LogP contribution in [0.3, 0.4) is 0 Å². The SMILES string of the molecule is COC(=O)c1cc(OC)c2nc3c(cc2c1)CCCC3. The molecule has 3 rings (SSSR count). The van der Waals surface area contributed by atoms with Gasteiger partial charge in [-0.25, -0.2) is 9.78 Å². The first-order chi connectivity index (χ1) is 9.72. The predicted molar refractivity (Wildman–Crippen MR) is 76.3 cm³/mol. The van der Waals surface area contributed by atoms with Crippen molar-refractivity contribution < 1.29 is 14.3 Å². The number of pyridine rings is 1. The zero-order valence-corrected chi connectivity index (χ0v) is 11.7. The van der Waals surface area contributed by atoms with E-state index in [1.54, 1.807) is 13.2 Å². The van der Waals surface area contributed by atoms with Gasteiger partial charge in [0.05, 0.1) is 19.8 Å². The van der Waals surface area contributed by atoms with Crippen LogP contribution in [0.1, 0.15) is 34.5 Å². The first-order valence-corrected chi connectivity index (χ1v) is 6.82. The fourth-order valence-electron chi connectivity index (χ4n) is 2.77. The van der Waals surface area contributed by atoms with Gasteiger partial charge in [-0.3, -0.25) is 0 Å². The Labute approximate surface area is 117 Å². The van der Waals surface area contributed by atoms with Crippen LogP contribution in [0.4, 0.5) is 0 Å². The second-order valence-corrected chi connectivity index (χ2v) is 5.04. The van der Waals surface area contributed by atoms with Crippen molar-refractivity contribution in [2.24, 2.45) is 0 Å². The van der Waals surface area contributed by atoms with Gasteiger partial charge in [0.2, 0.25) is 0 Å². The summed E-state index contributed by atoms with van der Waals surface area (Å²) in [7, 11) is 2.97. The van der Waals surface area contributed by atoms with Crippen LogP contribution in [0, 0.1) is 0 Å². The predicted octanol–water partition coefficient (Wildman–Crippen LogP) is 2.91. The van der Waals surface area contributed by atoms with E-state index in [1.165, 1.54) is 25.5 Å². The van der Waals surface area contributed by atoms with Crippen molar-refractivity contribution >= 4 is 16.9 Å². The van der Waals surface area contributed by atoms with Gasteiger partial charge in [0, 0.05) is 11.1 Å². The summed E-state index contributed by atoms with van der Waals surface area (Å²) in [6.45, 7) is 0. The first kappa shape index (κ1) is 12.9. The number of benzene rings is 1. The Morgan fingerprint density at radius 1 is 1.15 bits per heavy atom. The lowest BCUT2D eigenvalue weighted by atomic mass is 9.94. The van der Waals surface area contributed by atoms with E-state index in [9.17, 15) is 4.79 Å². The molecule has 0 atom stereocenters. The first-order valence-electron chi connectivity index (χ1n) is 6.82. The molecular formula is C16H17NO3. The van der Waals surface area contributed by atoms with Crippen molar-refractivity contribution in [3.8, 4) is 5.75 Å². The Kier molecular flexibility index (Phi) is 3.30. The summed E-state index contributed by atoms with van der Waals surface area (Å²) in [6.07, 6.45) is 4.47. The van der Waals surface area contributed by atoms with Crippen LogP contribution >= 0.6 is 0 Å². The molecule has 1 heterocycles. The molecule has 0 N–H and O–H groups in total. The number of aromatic nitrogens is 1. The molecule has 4 nitrogen and oxygen atoms in total. The number of hydrogen-bond acceptors (Lipinski definition) is 4. The highest BCUT2D eigenvalue weighted by Gasteiger charge is 2.16. The fraction of sp³-hybridized carbons (Fsp3) is 0.375. The second kappa shape index (κ2) is 5.12. The maximum Gasteiger partial charge on any atom is 0.338 e. The van der Waals surface area contributed by atoms with Crippen LogP contribution in [-0.4, -0.2) is 25.2 Å². The van der Waals surface area contributed by atoms with Gasteiger partial charge >= 0.3 is 5.97 Å². The molecule has 0 aliphatic heterocycles.